The quantitative estimate of drug-likeness (QED) is 0.598. The Kier molecular flexibility index (Phi) is 1.78. The van der Waals surface area contributed by atoms with Crippen molar-refractivity contribution < 1.29 is 9.84 Å². The number of benzene rings is 2. The van der Waals surface area contributed by atoms with Crippen molar-refractivity contribution in [2.75, 3.05) is 7.11 Å². The van der Waals surface area contributed by atoms with Crippen LogP contribution in [0.2, 0.25) is 0 Å². The van der Waals surface area contributed by atoms with Gasteiger partial charge in [-0.05, 0) is 36.8 Å². The lowest BCUT2D eigenvalue weighted by Gasteiger charge is -2.00. The zero-order valence-electron chi connectivity index (χ0n) is 10.7. The molecule has 0 aliphatic heterocycles. The van der Waals surface area contributed by atoms with Crippen molar-refractivity contribution in [2.24, 2.45) is 0 Å². The van der Waals surface area contributed by atoms with Crippen LogP contribution in [0, 0.1) is 6.92 Å². The topological polar surface area (TPSA) is 43.2 Å². The maximum Gasteiger partial charge on any atom is 0.143 e. The van der Waals surface area contributed by atoms with Gasteiger partial charge in [0.1, 0.15) is 28.2 Å². The van der Waals surface area contributed by atoms with Crippen LogP contribution in [0.25, 0.3) is 16.7 Å². The maximum atomic E-state index is 9.97. The van der Waals surface area contributed by atoms with Gasteiger partial charge in [-0.25, -0.2) is 0 Å². The number of aryl methyl sites for hydroxylation is 1. The van der Waals surface area contributed by atoms with Crippen molar-refractivity contribution in [3.05, 3.63) is 42.0 Å². The fraction of sp³-hybridized carbons (Fsp3) is 0.143. The van der Waals surface area contributed by atoms with Gasteiger partial charge < -0.3 is 9.84 Å². The van der Waals surface area contributed by atoms with Crippen LogP contribution in [0.4, 0.5) is 0 Å². The van der Waals surface area contributed by atoms with Gasteiger partial charge in [0.15, 0.2) is 0 Å². The summed E-state index contributed by atoms with van der Waals surface area (Å²) in [6.07, 6.45) is 0. The standard InChI is InChI=1S/C14H13N3O2/c1-9-3-6-14(18)13(7-9)17-15-11-5-4-10(19-2)8-12(11)16(15)17/h3-8,18H,1-2H3. The summed E-state index contributed by atoms with van der Waals surface area (Å²) >= 11 is 0. The molecule has 0 radical (unpaired) electrons. The third-order valence-corrected chi connectivity index (χ3v) is 3.47. The summed E-state index contributed by atoms with van der Waals surface area (Å²) in [6.45, 7) is 2.01. The highest BCUT2D eigenvalue weighted by Crippen LogP contribution is 2.32. The number of aromatic nitrogens is 3. The first-order valence-electron chi connectivity index (χ1n) is 6.08. The molecule has 5 heteroatoms. The molecule has 1 N–H and O–H groups in total. The minimum Gasteiger partial charge on any atom is -0.506 e. The van der Waals surface area contributed by atoms with Gasteiger partial charge in [0.2, 0.25) is 0 Å². The summed E-state index contributed by atoms with van der Waals surface area (Å²) in [7, 11) is 1.66. The first-order chi connectivity index (χ1) is 9.20. The minimum atomic E-state index is 0.276. The molecule has 96 valence electrons. The molecule has 0 bridgehead atoms. The largest absolute Gasteiger partial charge is 0.506 e. The summed E-state index contributed by atoms with van der Waals surface area (Å²) in [6, 6.07) is 11.5. The Morgan fingerprint density at radius 2 is 1.79 bits per heavy atom. The summed E-state index contributed by atoms with van der Waals surface area (Å²) < 4.78 is 9.22. The molecule has 0 amide bonds. The van der Waals surface area contributed by atoms with Crippen molar-refractivity contribution in [2.45, 2.75) is 6.92 Å². The lowest BCUT2D eigenvalue weighted by atomic mass is 10.2. The van der Waals surface area contributed by atoms with Crippen LogP contribution in [0.5, 0.6) is 11.5 Å². The summed E-state index contributed by atoms with van der Waals surface area (Å²) in [4.78, 5) is 1.94. The summed E-state index contributed by atoms with van der Waals surface area (Å²) in [5.74, 6) is 1.11. The van der Waals surface area contributed by atoms with E-state index in [4.69, 9.17) is 4.74 Å². The predicted octanol–water partition coefficient (Wildman–Crippen LogP) is 2.44. The molecule has 0 aliphatic rings. The molecule has 0 aliphatic carbocycles. The van der Waals surface area contributed by atoms with Gasteiger partial charge in [-0.2, -0.15) is 0 Å². The van der Waals surface area contributed by atoms with Crippen LogP contribution < -0.4 is 4.74 Å². The maximum absolute atomic E-state index is 9.97. The van der Waals surface area contributed by atoms with E-state index < -0.39 is 0 Å². The highest BCUT2D eigenvalue weighted by Gasteiger charge is 2.25. The zero-order chi connectivity index (χ0) is 13.1. The van der Waals surface area contributed by atoms with Crippen LogP contribution in [-0.4, -0.2) is 26.3 Å². The van der Waals surface area contributed by atoms with Crippen LogP contribution >= 0.6 is 0 Å². The lowest BCUT2D eigenvalue weighted by Crippen LogP contribution is -1.91. The molecule has 0 unspecified atom stereocenters. The molecular weight excluding hydrogens is 242 g/mol. The predicted molar refractivity (Wildman–Crippen MR) is 71.8 cm³/mol. The summed E-state index contributed by atoms with van der Waals surface area (Å²) in [5.41, 5.74) is 4.10. The van der Waals surface area contributed by atoms with Crippen molar-refractivity contribution in [3.63, 3.8) is 0 Å². The van der Waals surface area contributed by atoms with E-state index in [0.717, 1.165) is 28.0 Å². The Morgan fingerprint density at radius 1 is 1.00 bits per heavy atom. The van der Waals surface area contributed by atoms with Gasteiger partial charge in [0.05, 0.1) is 7.11 Å². The second kappa shape index (κ2) is 3.26. The molecular formula is C14H13N3O2. The molecule has 2 aromatic heterocycles. The molecule has 0 fully saturated rings. The van der Waals surface area contributed by atoms with Gasteiger partial charge in [0.25, 0.3) is 0 Å². The number of rotatable bonds is 2. The van der Waals surface area contributed by atoms with Crippen molar-refractivity contribution in [1.82, 2.24) is 14.1 Å². The fourth-order valence-electron chi connectivity index (χ4n) is 2.45. The lowest BCUT2D eigenvalue weighted by molar-refractivity contribution is 0.415. The number of hydrogen-bond acceptors (Lipinski definition) is 2. The van der Waals surface area contributed by atoms with Crippen molar-refractivity contribution >= 4 is 11.0 Å². The van der Waals surface area contributed by atoms with Gasteiger partial charge >= 0.3 is 0 Å². The van der Waals surface area contributed by atoms with E-state index in [-0.39, 0.29) is 5.75 Å². The smallest absolute Gasteiger partial charge is 0.143 e. The normalized spacial score (nSPS) is 11.9. The van der Waals surface area contributed by atoms with E-state index in [1.807, 2.05) is 51.3 Å². The third-order valence-electron chi connectivity index (χ3n) is 3.47. The Balaban J connectivity index is 1.93. The van der Waals surface area contributed by atoms with Gasteiger partial charge in [-0.1, -0.05) is 6.07 Å². The molecule has 2 heterocycles. The zero-order valence-corrected chi connectivity index (χ0v) is 10.7. The number of fused-ring (bicyclic) bond motifs is 4. The van der Waals surface area contributed by atoms with Crippen molar-refractivity contribution in [3.8, 4) is 17.2 Å². The number of methoxy groups -OCH3 is 1. The highest BCUT2D eigenvalue weighted by molar-refractivity contribution is 5.81. The summed E-state index contributed by atoms with van der Waals surface area (Å²) in [5, 5.41) is 9.97. The molecule has 2 aromatic carbocycles. The van der Waals surface area contributed by atoms with Crippen LogP contribution in [-0.2, 0) is 0 Å². The molecule has 0 saturated carbocycles. The van der Waals surface area contributed by atoms with Gasteiger partial charge in [-0.3, -0.25) is 0 Å². The van der Waals surface area contributed by atoms with Gasteiger partial charge in [-0.15, -0.1) is 14.1 Å². The van der Waals surface area contributed by atoms with Crippen molar-refractivity contribution in [1.29, 1.82) is 0 Å². The Labute approximate surface area is 109 Å². The Hall–Kier alpha value is -2.56. The molecule has 4 aromatic rings. The molecule has 4 rings (SSSR count). The first-order valence-corrected chi connectivity index (χ1v) is 6.08. The monoisotopic (exact) mass is 255 g/mol. The second-order valence-electron chi connectivity index (χ2n) is 4.72. The van der Waals surface area contributed by atoms with E-state index in [1.54, 1.807) is 13.2 Å². The Morgan fingerprint density at radius 3 is 2.58 bits per heavy atom. The number of hydrogen-bond donors (Lipinski definition) is 1. The van der Waals surface area contributed by atoms with Crippen LogP contribution in [0.3, 0.4) is 0 Å². The van der Waals surface area contributed by atoms with Crippen LogP contribution in [0.15, 0.2) is 36.4 Å². The average molecular weight is 255 g/mol. The van der Waals surface area contributed by atoms with Gasteiger partial charge in [0, 0.05) is 6.07 Å². The molecule has 19 heavy (non-hydrogen) atoms. The number of nitrogens with zero attached hydrogens (tertiary/aromatic N) is 3. The van der Waals surface area contributed by atoms with E-state index in [9.17, 15) is 5.11 Å². The average Bonchev–Trinajstić information content (AvgIpc) is 3.07. The molecule has 0 atom stereocenters. The van der Waals surface area contributed by atoms with E-state index in [1.165, 1.54) is 0 Å². The van der Waals surface area contributed by atoms with Crippen LogP contribution in [0.1, 0.15) is 5.56 Å². The Bertz CT molecular complexity index is 881. The first kappa shape index (κ1) is 10.4. The van der Waals surface area contributed by atoms with E-state index in [0.29, 0.717) is 0 Å². The minimum absolute atomic E-state index is 0.276. The third kappa shape index (κ3) is 1.24. The molecule has 5 nitrogen and oxygen atoms in total. The number of phenolic OH excluding ortho intramolecular Hbond substituents is 1. The second-order valence-corrected chi connectivity index (χ2v) is 4.72. The number of aromatic hydroxyl groups is 1. The number of ether oxygens (including phenoxy) is 1. The highest BCUT2D eigenvalue weighted by atomic mass is 16.5. The SMILES string of the molecule is COc1ccc2c(c1)n1n(-c3cc(C)ccc3O)n21. The molecule has 0 spiro atoms. The molecule has 0 saturated heterocycles. The van der Waals surface area contributed by atoms with E-state index in [2.05, 4.69) is 0 Å². The van der Waals surface area contributed by atoms with E-state index >= 15 is 0 Å². The fourth-order valence-corrected chi connectivity index (χ4v) is 2.45. The number of phenols is 1.